The third-order valence-corrected chi connectivity index (χ3v) is 6.37. The van der Waals surface area contributed by atoms with E-state index in [1.165, 1.54) is 4.68 Å². The predicted molar refractivity (Wildman–Crippen MR) is 141 cm³/mol. The van der Waals surface area contributed by atoms with Gasteiger partial charge in [-0.25, -0.2) is 9.48 Å². The topological polar surface area (TPSA) is 91.3 Å². The number of nitrogens with one attached hydrogen (secondary N) is 3. The summed E-state index contributed by atoms with van der Waals surface area (Å²) in [6.45, 7) is 3.72. The standard InChI is InChI=1S/C23H24ClIN6O2/c24-21-20(30-12-1-10-26-11-13-30)14-27-31(22(21)32)15-16-2-6-18(7-3-16)28-23(33)29-19-8-4-17(25)5-9-19/h2-9,14,26H,1,10-13,15H2,(H2,28,29,33). The lowest BCUT2D eigenvalue weighted by Crippen LogP contribution is -2.32. The molecule has 0 radical (unpaired) electrons. The van der Waals surface area contributed by atoms with Crippen LogP contribution in [0.5, 0.6) is 0 Å². The molecule has 2 heterocycles. The van der Waals surface area contributed by atoms with E-state index in [1.54, 1.807) is 18.3 Å². The third kappa shape index (κ3) is 6.24. The van der Waals surface area contributed by atoms with Gasteiger partial charge in [0.1, 0.15) is 5.02 Å². The molecular weight excluding hydrogens is 555 g/mol. The zero-order valence-electron chi connectivity index (χ0n) is 17.9. The number of carbonyl (C=O) groups is 1. The first kappa shape index (κ1) is 23.5. The quantitative estimate of drug-likeness (QED) is 0.399. The molecule has 0 saturated carbocycles. The molecule has 2 aromatic carbocycles. The molecule has 0 bridgehead atoms. The summed E-state index contributed by atoms with van der Waals surface area (Å²) in [5, 5.41) is 13.5. The fourth-order valence-electron chi connectivity index (χ4n) is 3.57. The maximum Gasteiger partial charge on any atom is 0.323 e. The largest absolute Gasteiger partial charge is 0.368 e. The van der Waals surface area contributed by atoms with Crippen molar-refractivity contribution >= 4 is 57.3 Å². The van der Waals surface area contributed by atoms with Crippen LogP contribution in [0.3, 0.4) is 0 Å². The molecule has 4 rings (SSSR count). The van der Waals surface area contributed by atoms with Crippen LogP contribution in [0.25, 0.3) is 0 Å². The molecule has 1 aromatic heterocycles. The van der Waals surface area contributed by atoms with Crippen molar-refractivity contribution in [3.8, 4) is 0 Å². The molecule has 172 valence electrons. The zero-order chi connectivity index (χ0) is 23.2. The molecular formula is C23H24ClIN6O2. The highest BCUT2D eigenvalue weighted by atomic mass is 127. The van der Waals surface area contributed by atoms with Gasteiger partial charge in [-0.1, -0.05) is 23.7 Å². The summed E-state index contributed by atoms with van der Waals surface area (Å²) in [5.74, 6) is 0. The maximum atomic E-state index is 12.8. The maximum absolute atomic E-state index is 12.8. The van der Waals surface area contributed by atoms with Crippen LogP contribution < -0.4 is 26.4 Å². The highest BCUT2D eigenvalue weighted by molar-refractivity contribution is 14.1. The van der Waals surface area contributed by atoms with Gasteiger partial charge < -0.3 is 20.9 Å². The van der Waals surface area contributed by atoms with Gasteiger partial charge in [-0.2, -0.15) is 5.10 Å². The summed E-state index contributed by atoms with van der Waals surface area (Å²) >= 11 is 8.63. The molecule has 33 heavy (non-hydrogen) atoms. The first-order valence-corrected chi connectivity index (χ1v) is 12.1. The van der Waals surface area contributed by atoms with Gasteiger partial charge in [0, 0.05) is 34.6 Å². The molecule has 0 atom stereocenters. The number of aromatic nitrogens is 2. The van der Waals surface area contributed by atoms with Gasteiger partial charge in [0.15, 0.2) is 0 Å². The molecule has 3 aromatic rings. The molecule has 1 fully saturated rings. The molecule has 10 heteroatoms. The molecule has 1 saturated heterocycles. The number of halogens is 2. The Morgan fingerprint density at radius 3 is 2.39 bits per heavy atom. The SMILES string of the molecule is O=C(Nc1ccc(I)cc1)Nc1ccc(Cn2ncc(N3CCCNCC3)c(Cl)c2=O)cc1. The molecule has 1 aliphatic rings. The molecule has 0 aliphatic carbocycles. The fourth-order valence-corrected chi connectivity index (χ4v) is 4.19. The monoisotopic (exact) mass is 578 g/mol. The van der Waals surface area contributed by atoms with Gasteiger partial charge in [0.2, 0.25) is 0 Å². The number of carbonyl (C=O) groups excluding carboxylic acids is 1. The van der Waals surface area contributed by atoms with E-state index in [2.05, 4.69) is 48.5 Å². The smallest absolute Gasteiger partial charge is 0.323 e. The Bertz CT molecular complexity index is 1160. The lowest BCUT2D eigenvalue weighted by molar-refractivity contribution is 0.262. The van der Waals surface area contributed by atoms with E-state index >= 15 is 0 Å². The minimum atomic E-state index is -0.326. The van der Waals surface area contributed by atoms with Gasteiger partial charge in [-0.3, -0.25) is 4.79 Å². The van der Waals surface area contributed by atoms with Gasteiger partial charge in [-0.05, 0) is 77.5 Å². The van der Waals surface area contributed by atoms with Crippen molar-refractivity contribution in [2.24, 2.45) is 0 Å². The summed E-state index contributed by atoms with van der Waals surface area (Å²) in [5.41, 5.74) is 2.60. The van der Waals surface area contributed by atoms with E-state index < -0.39 is 0 Å². The zero-order valence-corrected chi connectivity index (χ0v) is 20.8. The minimum Gasteiger partial charge on any atom is -0.368 e. The number of hydrogen-bond acceptors (Lipinski definition) is 5. The van der Waals surface area contributed by atoms with E-state index in [4.69, 9.17) is 11.6 Å². The second kappa shape index (κ2) is 11.0. The first-order valence-electron chi connectivity index (χ1n) is 10.6. The highest BCUT2D eigenvalue weighted by Crippen LogP contribution is 2.22. The highest BCUT2D eigenvalue weighted by Gasteiger charge is 2.17. The summed E-state index contributed by atoms with van der Waals surface area (Å²) in [6, 6.07) is 14.5. The Kier molecular flexibility index (Phi) is 7.84. The van der Waals surface area contributed by atoms with Crippen LogP contribution in [0.1, 0.15) is 12.0 Å². The van der Waals surface area contributed by atoms with E-state index in [1.807, 2.05) is 36.4 Å². The fraction of sp³-hybridized carbons (Fsp3) is 0.261. The number of amides is 2. The first-order chi connectivity index (χ1) is 16.0. The molecule has 0 spiro atoms. The lowest BCUT2D eigenvalue weighted by Gasteiger charge is -2.23. The van der Waals surface area contributed by atoms with Gasteiger partial charge >= 0.3 is 6.03 Å². The van der Waals surface area contributed by atoms with E-state index in [-0.39, 0.29) is 23.2 Å². The third-order valence-electron chi connectivity index (χ3n) is 5.29. The average molecular weight is 579 g/mol. The summed E-state index contributed by atoms with van der Waals surface area (Å²) in [4.78, 5) is 27.1. The van der Waals surface area contributed by atoms with Crippen molar-refractivity contribution < 1.29 is 4.79 Å². The summed E-state index contributed by atoms with van der Waals surface area (Å²) < 4.78 is 2.45. The summed E-state index contributed by atoms with van der Waals surface area (Å²) in [7, 11) is 0. The van der Waals surface area contributed by atoms with Crippen LogP contribution in [-0.4, -0.2) is 42.0 Å². The van der Waals surface area contributed by atoms with Gasteiger partial charge in [0.25, 0.3) is 5.56 Å². The van der Waals surface area contributed by atoms with Crippen molar-refractivity contribution in [1.82, 2.24) is 15.1 Å². The van der Waals surface area contributed by atoms with Crippen molar-refractivity contribution in [1.29, 1.82) is 0 Å². The van der Waals surface area contributed by atoms with E-state index in [9.17, 15) is 9.59 Å². The van der Waals surface area contributed by atoms with E-state index in [0.29, 0.717) is 17.1 Å². The number of anilines is 3. The summed E-state index contributed by atoms with van der Waals surface area (Å²) in [6.07, 6.45) is 2.66. The average Bonchev–Trinajstić information content (AvgIpc) is 3.09. The van der Waals surface area contributed by atoms with Crippen LogP contribution in [0, 0.1) is 3.57 Å². The van der Waals surface area contributed by atoms with Gasteiger partial charge in [-0.15, -0.1) is 0 Å². The van der Waals surface area contributed by atoms with Crippen molar-refractivity contribution in [2.75, 3.05) is 41.7 Å². The number of rotatable bonds is 5. The number of hydrogen-bond donors (Lipinski definition) is 3. The molecule has 3 N–H and O–H groups in total. The molecule has 8 nitrogen and oxygen atoms in total. The Labute approximate surface area is 210 Å². The van der Waals surface area contributed by atoms with Crippen molar-refractivity contribution in [3.63, 3.8) is 0 Å². The van der Waals surface area contributed by atoms with Crippen LogP contribution >= 0.6 is 34.2 Å². The van der Waals surface area contributed by atoms with Crippen LogP contribution in [0.15, 0.2) is 59.5 Å². The molecule has 1 aliphatic heterocycles. The lowest BCUT2D eigenvalue weighted by atomic mass is 10.2. The minimum absolute atomic E-state index is 0.192. The van der Waals surface area contributed by atoms with Crippen LogP contribution in [-0.2, 0) is 6.54 Å². The number of urea groups is 1. The molecule has 0 unspecified atom stereocenters. The Hall–Kier alpha value is -2.63. The van der Waals surface area contributed by atoms with Crippen LogP contribution in [0.4, 0.5) is 21.9 Å². The number of benzene rings is 2. The van der Waals surface area contributed by atoms with Crippen LogP contribution in [0.2, 0.25) is 5.02 Å². The van der Waals surface area contributed by atoms with E-state index in [0.717, 1.165) is 41.7 Å². The molecule has 2 amide bonds. The normalized spacial score (nSPS) is 13.9. The second-order valence-corrected chi connectivity index (χ2v) is 9.30. The Balaban J connectivity index is 1.39. The Morgan fingerprint density at radius 2 is 1.70 bits per heavy atom. The van der Waals surface area contributed by atoms with Crippen molar-refractivity contribution in [2.45, 2.75) is 13.0 Å². The number of nitrogens with zero attached hydrogens (tertiary/aromatic N) is 3. The van der Waals surface area contributed by atoms with Crippen molar-refractivity contribution in [3.05, 3.63) is 79.2 Å². The predicted octanol–water partition coefficient (Wildman–Crippen LogP) is 3.99. The van der Waals surface area contributed by atoms with Gasteiger partial charge in [0.05, 0.1) is 18.4 Å². The Morgan fingerprint density at radius 1 is 1.03 bits per heavy atom. The second-order valence-electron chi connectivity index (χ2n) is 7.68.